The Bertz CT molecular complexity index is 933. The third kappa shape index (κ3) is 4.12. The molecular formula is C20H21ClN4O. The van der Waals surface area contributed by atoms with Gasteiger partial charge >= 0.3 is 0 Å². The van der Waals surface area contributed by atoms with Crippen LogP contribution in [0.15, 0.2) is 54.7 Å². The molecule has 26 heavy (non-hydrogen) atoms. The lowest BCUT2D eigenvalue weighted by atomic mass is 10.1. The van der Waals surface area contributed by atoms with Gasteiger partial charge in [0.1, 0.15) is 0 Å². The summed E-state index contributed by atoms with van der Waals surface area (Å²) in [6, 6.07) is 15.2. The number of amides is 1. The molecule has 0 fully saturated rings. The fourth-order valence-corrected chi connectivity index (χ4v) is 3.00. The first-order chi connectivity index (χ1) is 12.4. The summed E-state index contributed by atoms with van der Waals surface area (Å²) in [5, 5.41) is 7.92. The molecule has 0 bridgehead atoms. The molecule has 0 spiro atoms. The highest BCUT2D eigenvalue weighted by atomic mass is 35.5. The average molecular weight is 369 g/mol. The molecule has 0 unspecified atom stereocenters. The molecule has 6 heteroatoms. The Morgan fingerprint density at radius 1 is 1.19 bits per heavy atom. The third-order valence-corrected chi connectivity index (χ3v) is 4.23. The predicted octanol–water partition coefficient (Wildman–Crippen LogP) is 4.15. The van der Waals surface area contributed by atoms with Crippen LogP contribution in [0.3, 0.4) is 0 Å². The number of nitrogens with one attached hydrogen (secondary N) is 1. The average Bonchev–Trinajstić information content (AvgIpc) is 2.96. The molecule has 0 saturated carbocycles. The second-order valence-corrected chi connectivity index (χ2v) is 6.86. The molecule has 134 valence electrons. The molecule has 0 atom stereocenters. The summed E-state index contributed by atoms with van der Waals surface area (Å²) in [6.07, 6.45) is 1.58. The van der Waals surface area contributed by atoms with Crippen molar-refractivity contribution in [3.8, 4) is 5.69 Å². The molecular weight excluding hydrogens is 348 g/mol. The van der Waals surface area contributed by atoms with Crippen molar-refractivity contribution in [3.63, 3.8) is 0 Å². The molecule has 1 N–H and O–H groups in total. The van der Waals surface area contributed by atoms with Crippen molar-refractivity contribution in [2.24, 2.45) is 0 Å². The van der Waals surface area contributed by atoms with Crippen LogP contribution in [0.2, 0.25) is 5.02 Å². The van der Waals surface area contributed by atoms with Gasteiger partial charge in [0.05, 0.1) is 23.1 Å². The van der Waals surface area contributed by atoms with Crippen molar-refractivity contribution >= 4 is 23.2 Å². The van der Waals surface area contributed by atoms with E-state index in [1.54, 1.807) is 16.9 Å². The molecule has 0 aliphatic carbocycles. The topological polar surface area (TPSA) is 50.2 Å². The summed E-state index contributed by atoms with van der Waals surface area (Å²) in [5.74, 6) is -0.183. The van der Waals surface area contributed by atoms with Gasteiger partial charge in [-0.25, -0.2) is 4.68 Å². The minimum atomic E-state index is -0.183. The van der Waals surface area contributed by atoms with Crippen LogP contribution in [0.1, 0.15) is 21.6 Å². The molecule has 0 aliphatic heterocycles. The van der Waals surface area contributed by atoms with E-state index >= 15 is 0 Å². The number of carbonyl (C=O) groups excluding carboxylic acids is 1. The Labute approximate surface area is 158 Å². The lowest BCUT2D eigenvalue weighted by Crippen LogP contribution is -2.14. The van der Waals surface area contributed by atoms with E-state index in [1.807, 2.05) is 63.5 Å². The van der Waals surface area contributed by atoms with Crippen molar-refractivity contribution in [3.05, 3.63) is 76.6 Å². The van der Waals surface area contributed by atoms with Gasteiger partial charge in [0.15, 0.2) is 0 Å². The summed E-state index contributed by atoms with van der Waals surface area (Å²) < 4.78 is 1.71. The number of carbonyl (C=O) groups is 1. The SMILES string of the molecule is Cc1c(C(=O)Nc2cccc(CN(C)C)c2)cnn1-c1cccc(Cl)c1. The number of rotatable bonds is 5. The first kappa shape index (κ1) is 18.2. The van der Waals surface area contributed by atoms with E-state index in [2.05, 4.69) is 15.3 Å². The molecule has 1 amide bonds. The lowest BCUT2D eigenvalue weighted by Gasteiger charge is -2.11. The zero-order valence-electron chi connectivity index (χ0n) is 15.0. The molecule has 1 aromatic heterocycles. The van der Waals surface area contributed by atoms with E-state index < -0.39 is 0 Å². The van der Waals surface area contributed by atoms with Crippen LogP contribution in [0.5, 0.6) is 0 Å². The fourth-order valence-electron chi connectivity index (χ4n) is 2.81. The quantitative estimate of drug-likeness (QED) is 0.736. The predicted molar refractivity (Wildman–Crippen MR) is 105 cm³/mol. The Morgan fingerprint density at radius 3 is 2.69 bits per heavy atom. The molecule has 5 nitrogen and oxygen atoms in total. The number of hydrogen-bond donors (Lipinski definition) is 1. The Morgan fingerprint density at radius 2 is 1.96 bits per heavy atom. The lowest BCUT2D eigenvalue weighted by molar-refractivity contribution is 0.102. The van der Waals surface area contributed by atoms with E-state index in [0.717, 1.165) is 29.2 Å². The monoisotopic (exact) mass is 368 g/mol. The maximum absolute atomic E-state index is 12.7. The maximum Gasteiger partial charge on any atom is 0.259 e. The van der Waals surface area contributed by atoms with Crippen LogP contribution in [-0.4, -0.2) is 34.7 Å². The molecule has 1 heterocycles. The first-order valence-electron chi connectivity index (χ1n) is 8.29. The highest BCUT2D eigenvalue weighted by Crippen LogP contribution is 2.19. The smallest absolute Gasteiger partial charge is 0.259 e. The van der Waals surface area contributed by atoms with Gasteiger partial charge in [-0.2, -0.15) is 5.10 Å². The zero-order chi connectivity index (χ0) is 18.7. The van der Waals surface area contributed by atoms with Crippen LogP contribution in [-0.2, 0) is 6.54 Å². The fraction of sp³-hybridized carbons (Fsp3) is 0.200. The molecule has 0 aliphatic rings. The summed E-state index contributed by atoms with van der Waals surface area (Å²) in [7, 11) is 4.03. The number of hydrogen-bond acceptors (Lipinski definition) is 3. The molecule has 0 saturated heterocycles. The minimum absolute atomic E-state index is 0.183. The van der Waals surface area contributed by atoms with Gasteiger partial charge in [-0.05, 0) is 56.9 Å². The number of benzene rings is 2. The third-order valence-electron chi connectivity index (χ3n) is 3.99. The van der Waals surface area contributed by atoms with E-state index in [-0.39, 0.29) is 5.91 Å². The molecule has 0 radical (unpaired) electrons. The van der Waals surface area contributed by atoms with Crippen molar-refractivity contribution in [1.82, 2.24) is 14.7 Å². The van der Waals surface area contributed by atoms with Crippen LogP contribution in [0.4, 0.5) is 5.69 Å². The zero-order valence-corrected chi connectivity index (χ0v) is 15.8. The van der Waals surface area contributed by atoms with Gasteiger partial charge in [-0.15, -0.1) is 0 Å². The summed E-state index contributed by atoms with van der Waals surface area (Å²) in [5.41, 5.74) is 4.02. The largest absolute Gasteiger partial charge is 0.322 e. The number of halogens is 1. The highest BCUT2D eigenvalue weighted by molar-refractivity contribution is 6.30. The van der Waals surface area contributed by atoms with Crippen LogP contribution < -0.4 is 5.32 Å². The standard InChI is InChI=1S/C20H21ClN4O/c1-14-19(12-22-25(14)18-9-5-7-16(21)11-18)20(26)23-17-8-4-6-15(10-17)13-24(2)3/h4-12H,13H2,1-3H3,(H,23,26). The van der Waals surface area contributed by atoms with E-state index in [4.69, 9.17) is 11.6 Å². The number of nitrogens with zero attached hydrogens (tertiary/aromatic N) is 3. The molecule has 3 aromatic rings. The van der Waals surface area contributed by atoms with Gasteiger partial charge < -0.3 is 10.2 Å². The Hall–Kier alpha value is -2.63. The van der Waals surface area contributed by atoms with Crippen molar-refractivity contribution in [1.29, 1.82) is 0 Å². The van der Waals surface area contributed by atoms with Gasteiger partial charge in [0, 0.05) is 17.3 Å². The highest BCUT2D eigenvalue weighted by Gasteiger charge is 2.15. The van der Waals surface area contributed by atoms with Gasteiger partial charge in [0.2, 0.25) is 0 Å². The van der Waals surface area contributed by atoms with Crippen molar-refractivity contribution < 1.29 is 4.79 Å². The van der Waals surface area contributed by atoms with Crippen LogP contribution >= 0.6 is 11.6 Å². The van der Waals surface area contributed by atoms with Crippen LogP contribution in [0, 0.1) is 6.92 Å². The number of anilines is 1. The Kier molecular flexibility index (Phi) is 5.40. The number of aromatic nitrogens is 2. The Balaban J connectivity index is 1.81. The summed E-state index contributed by atoms with van der Waals surface area (Å²) in [4.78, 5) is 14.8. The second-order valence-electron chi connectivity index (χ2n) is 6.43. The molecule has 2 aromatic carbocycles. The normalized spacial score (nSPS) is 11.0. The molecule has 3 rings (SSSR count). The first-order valence-corrected chi connectivity index (χ1v) is 8.67. The summed E-state index contributed by atoms with van der Waals surface area (Å²) in [6.45, 7) is 2.68. The van der Waals surface area contributed by atoms with Crippen molar-refractivity contribution in [2.75, 3.05) is 19.4 Å². The maximum atomic E-state index is 12.7. The minimum Gasteiger partial charge on any atom is -0.322 e. The van der Waals surface area contributed by atoms with Crippen LogP contribution in [0.25, 0.3) is 5.69 Å². The van der Waals surface area contributed by atoms with E-state index in [9.17, 15) is 4.79 Å². The van der Waals surface area contributed by atoms with E-state index in [1.165, 1.54) is 0 Å². The summed E-state index contributed by atoms with van der Waals surface area (Å²) >= 11 is 6.05. The van der Waals surface area contributed by atoms with Gasteiger partial charge in [-0.1, -0.05) is 29.8 Å². The van der Waals surface area contributed by atoms with Crippen molar-refractivity contribution in [2.45, 2.75) is 13.5 Å². The van der Waals surface area contributed by atoms with E-state index in [0.29, 0.717) is 10.6 Å². The van der Waals surface area contributed by atoms with Gasteiger partial charge in [-0.3, -0.25) is 4.79 Å². The van der Waals surface area contributed by atoms with Gasteiger partial charge in [0.25, 0.3) is 5.91 Å². The second kappa shape index (κ2) is 7.72.